The molecule has 0 unspecified atom stereocenters. The van der Waals surface area contributed by atoms with Crippen LogP contribution in [0.3, 0.4) is 0 Å². The Morgan fingerprint density at radius 1 is 0.929 bits per heavy atom. The van der Waals surface area contributed by atoms with Crippen LogP contribution in [0.2, 0.25) is 0 Å². The fourth-order valence-corrected chi connectivity index (χ4v) is 1.84. The van der Waals surface area contributed by atoms with Gasteiger partial charge >= 0.3 is 0 Å². The van der Waals surface area contributed by atoms with E-state index in [9.17, 15) is 5.11 Å². The lowest BCUT2D eigenvalue weighted by Crippen LogP contribution is -2.58. The minimum Gasteiger partial charge on any atom is -0.376 e. The van der Waals surface area contributed by atoms with Gasteiger partial charge in [-0.3, -0.25) is 0 Å². The Hall–Kier alpha value is -0.200. The van der Waals surface area contributed by atoms with Crippen LogP contribution in [0.15, 0.2) is 0 Å². The van der Waals surface area contributed by atoms with Crippen LogP contribution in [0.5, 0.6) is 0 Å². The molecule has 1 saturated heterocycles. The zero-order valence-corrected chi connectivity index (χ0v) is 8.97. The summed E-state index contributed by atoms with van der Waals surface area (Å²) in [6.07, 6.45) is -2.24. The summed E-state index contributed by atoms with van der Waals surface area (Å²) >= 11 is 0. The van der Waals surface area contributed by atoms with Gasteiger partial charge in [0.1, 0.15) is 18.3 Å². The Labute approximate surface area is 83.9 Å². The van der Waals surface area contributed by atoms with E-state index in [0.29, 0.717) is 0 Å². The monoisotopic (exact) mass is 206 g/mol. The summed E-state index contributed by atoms with van der Waals surface area (Å²) in [5, 5.41) is 9.57. The zero-order valence-electron chi connectivity index (χ0n) is 8.97. The summed E-state index contributed by atoms with van der Waals surface area (Å²) in [5.74, 6) is 0. The molecule has 0 amide bonds. The molecule has 84 valence electrons. The van der Waals surface area contributed by atoms with Crippen LogP contribution in [0.1, 0.15) is 6.92 Å². The van der Waals surface area contributed by atoms with Gasteiger partial charge in [-0.25, -0.2) is 0 Å². The molecule has 1 aliphatic heterocycles. The minimum atomic E-state index is -0.966. The van der Waals surface area contributed by atoms with E-state index in [1.54, 1.807) is 14.2 Å². The lowest BCUT2D eigenvalue weighted by atomic mass is 9.99. The average Bonchev–Trinajstić information content (AvgIpc) is 2.16. The van der Waals surface area contributed by atoms with Crippen LogP contribution in [0, 0.1) is 0 Å². The van der Waals surface area contributed by atoms with Crippen LogP contribution >= 0.6 is 0 Å². The number of rotatable bonds is 3. The van der Waals surface area contributed by atoms with Crippen molar-refractivity contribution in [1.29, 1.82) is 0 Å². The van der Waals surface area contributed by atoms with Crippen molar-refractivity contribution in [2.75, 3.05) is 21.3 Å². The van der Waals surface area contributed by atoms with Crippen LogP contribution in [0.25, 0.3) is 0 Å². The number of ether oxygens (including phenoxy) is 4. The van der Waals surface area contributed by atoms with E-state index in [4.69, 9.17) is 18.9 Å². The predicted octanol–water partition coefficient (Wildman–Crippen LogP) is -0.231. The molecule has 0 spiro atoms. The molecule has 0 radical (unpaired) electrons. The van der Waals surface area contributed by atoms with Gasteiger partial charge < -0.3 is 24.1 Å². The molecule has 0 aromatic heterocycles. The Morgan fingerprint density at radius 2 is 1.43 bits per heavy atom. The van der Waals surface area contributed by atoms with E-state index in [2.05, 4.69) is 0 Å². The van der Waals surface area contributed by atoms with Crippen LogP contribution in [-0.4, -0.2) is 57.1 Å². The highest BCUT2D eigenvalue weighted by molar-refractivity contribution is 4.89. The number of hydrogen-bond acceptors (Lipinski definition) is 5. The first-order valence-electron chi connectivity index (χ1n) is 4.57. The number of aliphatic hydroxyl groups excluding tert-OH is 1. The first-order chi connectivity index (χ1) is 6.65. The third-order valence-electron chi connectivity index (χ3n) is 2.56. The molecule has 5 nitrogen and oxygen atoms in total. The van der Waals surface area contributed by atoms with Crippen molar-refractivity contribution >= 4 is 0 Å². The quantitative estimate of drug-likeness (QED) is 0.691. The molecule has 0 bridgehead atoms. The standard InChI is InChI=1S/C9H18O5/c1-5-6(11-2)7(12-3)8(13-4)9(10)14-5/h5-10H,1-4H3/t5-,6+,7+,8+,9-/m0/s1. The second-order valence-corrected chi connectivity index (χ2v) is 3.33. The first-order valence-corrected chi connectivity index (χ1v) is 4.57. The molecule has 5 atom stereocenters. The molecule has 0 aliphatic carbocycles. The smallest absolute Gasteiger partial charge is 0.184 e. The summed E-state index contributed by atoms with van der Waals surface area (Å²) in [6, 6.07) is 0. The summed E-state index contributed by atoms with van der Waals surface area (Å²) in [4.78, 5) is 0. The molecular formula is C9H18O5. The van der Waals surface area contributed by atoms with E-state index < -0.39 is 12.4 Å². The Morgan fingerprint density at radius 3 is 1.86 bits per heavy atom. The highest BCUT2D eigenvalue weighted by Gasteiger charge is 2.44. The van der Waals surface area contributed by atoms with E-state index in [1.807, 2.05) is 6.92 Å². The lowest BCUT2D eigenvalue weighted by Gasteiger charge is -2.41. The molecule has 1 aliphatic rings. The highest BCUT2D eigenvalue weighted by atomic mass is 16.7. The van der Waals surface area contributed by atoms with Crippen molar-refractivity contribution in [2.24, 2.45) is 0 Å². The highest BCUT2D eigenvalue weighted by Crippen LogP contribution is 2.25. The van der Waals surface area contributed by atoms with Crippen LogP contribution in [-0.2, 0) is 18.9 Å². The second-order valence-electron chi connectivity index (χ2n) is 3.33. The molecule has 1 N–H and O–H groups in total. The number of hydrogen-bond donors (Lipinski definition) is 1. The van der Waals surface area contributed by atoms with Crippen molar-refractivity contribution in [2.45, 2.75) is 37.6 Å². The number of aliphatic hydroxyl groups is 1. The van der Waals surface area contributed by atoms with Crippen LogP contribution < -0.4 is 0 Å². The molecule has 0 aromatic carbocycles. The molecule has 1 rings (SSSR count). The Balaban J connectivity index is 2.76. The van der Waals surface area contributed by atoms with E-state index in [-0.39, 0.29) is 18.3 Å². The van der Waals surface area contributed by atoms with Crippen molar-refractivity contribution in [1.82, 2.24) is 0 Å². The minimum absolute atomic E-state index is 0.216. The summed E-state index contributed by atoms with van der Waals surface area (Å²) in [6.45, 7) is 1.83. The average molecular weight is 206 g/mol. The van der Waals surface area contributed by atoms with Gasteiger partial charge in [-0.15, -0.1) is 0 Å². The van der Waals surface area contributed by atoms with E-state index >= 15 is 0 Å². The molecule has 0 aromatic rings. The van der Waals surface area contributed by atoms with Gasteiger partial charge in [-0.05, 0) is 6.92 Å². The van der Waals surface area contributed by atoms with Crippen LogP contribution in [0.4, 0.5) is 0 Å². The Bertz CT molecular complexity index is 159. The SMILES string of the molecule is CO[C@H]1[C@@H](OC)[C@@H](O)O[C@@H](C)[C@H]1OC. The van der Waals surface area contributed by atoms with Gasteiger partial charge in [0.05, 0.1) is 6.10 Å². The van der Waals surface area contributed by atoms with Crippen molar-refractivity contribution in [3.8, 4) is 0 Å². The first kappa shape index (κ1) is 11.9. The maximum absolute atomic E-state index is 9.57. The predicted molar refractivity (Wildman–Crippen MR) is 48.9 cm³/mol. The molecule has 0 saturated carbocycles. The maximum atomic E-state index is 9.57. The Kier molecular flexibility index (Phi) is 4.28. The van der Waals surface area contributed by atoms with E-state index in [0.717, 1.165) is 0 Å². The van der Waals surface area contributed by atoms with Crippen molar-refractivity contribution in [3.63, 3.8) is 0 Å². The van der Waals surface area contributed by atoms with E-state index in [1.165, 1.54) is 7.11 Å². The van der Waals surface area contributed by atoms with Gasteiger partial charge in [0.2, 0.25) is 0 Å². The second kappa shape index (κ2) is 5.04. The topological polar surface area (TPSA) is 57.2 Å². The molecular weight excluding hydrogens is 188 g/mol. The van der Waals surface area contributed by atoms with Gasteiger partial charge in [0.15, 0.2) is 6.29 Å². The summed E-state index contributed by atoms with van der Waals surface area (Å²) in [5.41, 5.74) is 0. The zero-order chi connectivity index (χ0) is 10.7. The van der Waals surface area contributed by atoms with Gasteiger partial charge in [0.25, 0.3) is 0 Å². The molecule has 1 fully saturated rings. The fraction of sp³-hybridized carbons (Fsp3) is 1.00. The van der Waals surface area contributed by atoms with Crippen molar-refractivity contribution in [3.05, 3.63) is 0 Å². The normalized spacial score (nSPS) is 43.9. The molecule has 5 heteroatoms. The third-order valence-corrected chi connectivity index (χ3v) is 2.56. The molecule has 1 heterocycles. The summed E-state index contributed by atoms with van der Waals surface area (Å²) in [7, 11) is 4.65. The molecule has 14 heavy (non-hydrogen) atoms. The lowest BCUT2D eigenvalue weighted by molar-refractivity contribution is -0.291. The van der Waals surface area contributed by atoms with Gasteiger partial charge in [-0.2, -0.15) is 0 Å². The maximum Gasteiger partial charge on any atom is 0.184 e. The fourth-order valence-electron chi connectivity index (χ4n) is 1.84. The summed E-state index contributed by atoms with van der Waals surface area (Å²) < 4.78 is 20.9. The van der Waals surface area contributed by atoms with Gasteiger partial charge in [-0.1, -0.05) is 0 Å². The number of methoxy groups -OCH3 is 3. The largest absolute Gasteiger partial charge is 0.376 e. The third kappa shape index (κ3) is 2.07. The van der Waals surface area contributed by atoms with Gasteiger partial charge in [0, 0.05) is 21.3 Å². The van der Waals surface area contributed by atoms with Crippen molar-refractivity contribution < 1.29 is 24.1 Å².